The summed E-state index contributed by atoms with van der Waals surface area (Å²) >= 11 is 0. The molecule has 0 amide bonds. The Morgan fingerprint density at radius 1 is 1.00 bits per heavy atom. The van der Waals surface area contributed by atoms with Crippen LogP contribution >= 0.6 is 0 Å². The van der Waals surface area contributed by atoms with Crippen molar-refractivity contribution in [2.24, 2.45) is 21.8 Å². The fraction of sp³-hybridized carbons (Fsp3) is 0.857. The molecule has 0 aliphatic carbocycles. The minimum atomic E-state index is -0.111. The average Bonchev–Trinajstić information content (AvgIpc) is 2.43. The first kappa shape index (κ1) is 19.5. The fourth-order valence-corrected chi connectivity index (χ4v) is 2.27. The van der Waals surface area contributed by atoms with E-state index in [1.165, 1.54) is 0 Å². The van der Waals surface area contributed by atoms with Gasteiger partial charge in [0.25, 0.3) is 0 Å². The molecule has 1 rings (SSSR count). The molecule has 3 unspecified atom stereocenters. The van der Waals surface area contributed by atoms with Crippen LogP contribution in [0.5, 0.6) is 0 Å². The maximum atomic E-state index is 5.44. The number of hydrogen-bond donors (Lipinski definition) is 0. The van der Waals surface area contributed by atoms with Crippen molar-refractivity contribution in [1.29, 1.82) is 0 Å². The molecule has 0 saturated heterocycles. The van der Waals surface area contributed by atoms with Crippen LogP contribution in [0, 0.1) is 11.8 Å². The van der Waals surface area contributed by atoms with E-state index < -0.39 is 0 Å². The molecule has 0 saturated carbocycles. The Labute approximate surface area is 133 Å². The van der Waals surface area contributed by atoms with Crippen molar-refractivity contribution >= 4 is 29.7 Å². The van der Waals surface area contributed by atoms with Crippen LogP contribution in [-0.4, -0.2) is 69.8 Å². The van der Waals surface area contributed by atoms with Crippen molar-refractivity contribution in [2.75, 3.05) is 27.9 Å². The topological polar surface area (TPSA) is 52.4 Å². The van der Waals surface area contributed by atoms with Gasteiger partial charge in [0.2, 0.25) is 11.8 Å². The van der Waals surface area contributed by atoms with E-state index in [0.717, 1.165) is 6.42 Å². The zero-order valence-electron chi connectivity index (χ0n) is 13.3. The summed E-state index contributed by atoms with van der Waals surface area (Å²) in [5.41, 5.74) is 0. The van der Waals surface area contributed by atoms with Crippen LogP contribution in [0.1, 0.15) is 27.2 Å². The SMILES string of the molecule is CCC(COC)C1N=C(OC)C(C(C)C)N=C1OC.[AsH]. The van der Waals surface area contributed by atoms with Gasteiger partial charge in [-0.25, -0.2) is 9.98 Å². The molecule has 3 atom stereocenters. The first-order valence-corrected chi connectivity index (χ1v) is 6.81. The summed E-state index contributed by atoms with van der Waals surface area (Å²) in [5, 5.41) is 0. The van der Waals surface area contributed by atoms with Gasteiger partial charge in [-0.1, -0.05) is 20.8 Å². The van der Waals surface area contributed by atoms with Crippen molar-refractivity contribution in [1.82, 2.24) is 0 Å². The van der Waals surface area contributed by atoms with Crippen molar-refractivity contribution in [2.45, 2.75) is 39.3 Å². The van der Waals surface area contributed by atoms with Gasteiger partial charge >= 0.3 is 18.0 Å². The fourth-order valence-electron chi connectivity index (χ4n) is 2.27. The zero-order chi connectivity index (χ0) is 14.4. The number of aliphatic imine (C=N–C) groups is 2. The molecular formula is C14H27AsN2O3. The minimum absolute atomic E-state index is 0. The molecule has 20 heavy (non-hydrogen) atoms. The summed E-state index contributed by atoms with van der Waals surface area (Å²) in [5.74, 6) is 1.95. The van der Waals surface area contributed by atoms with E-state index in [-0.39, 0.29) is 36.0 Å². The van der Waals surface area contributed by atoms with Gasteiger partial charge < -0.3 is 14.2 Å². The van der Waals surface area contributed by atoms with Crippen LogP contribution in [-0.2, 0) is 14.2 Å². The normalized spacial score (nSPS) is 23.6. The molecule has 0 aromatic carbocycles. The van der Waals surface area contributed by atoms with Gasteiger partial charge in [0.05, 0.1) is 20.8 Å². The molecule has 6 heteroatoms. The molecule has 0 fully saturated rings. The molecule has 2 radical (unpaired) electrons. The Bertz CT molecular complexity index is 345. The van der Waals surface area contributed by atoms with Gasteiger partial charge in [0.1, 0.15) is 12.1 Å². The van der Waals surface area contributed by atoms with Crippen LogP contribution in [0.4, 0.5) is 0 Å². The predicted octanol–water partition coefficient (Wildman–Crippen LogP) is 1.51. The summed E-state index contributed by atoms with van der Waals surface area (Å²) in [4.78, 5) is 9.37. The number of methoxy groups -OCH3 is 3. The van der Waals surface area contributed by atoms with E-state index >= 15 is 0 Å². The van der Waals surface area contributed by atoms with Crippen molar-refractivity contribution in [3.05, 3.63) is 0 Å². The molecule has 0 aromatic heterocycles. The standard InChI is InChI=1S/C14H26N2O3.AsH/c1-7-10(8-17-4)12-14(19-6)15-11(9(2)3)13(16-12)18-5;/h9-12H,7-8H2,1-6H3;1H. The molecule has 1 aliphatic heterocycles. The van der Waals surface area contributed by atoms with Crippen molar-refractivity contribution in [3.63, 3.8) is 0 Å². The second-order valence-electron chi connectivity index (χ2n) is 5.10. The van der Waals surface area contributed by atoms with Crippen molar-refractivity contribution in [3.8, 4) is 0 Å². The van der Waals surface area contributed by atoms with Crippen LogP contribution in [0.25, 0.3) is 0 Å². The number of nitrogens with zero attached hydrogens (tertiary/aromatic N) is 2. The van der Waals surface area contributed by atoms with E-state index in [0.29, 0.717) is 24.3 Å². The number of rotatable bonds is 5. The Morgan fingerprint density at radius 3 is 1.90 bits per heavy atom. The molecule has 0 aromatic rings. The summed E-state index contributed by atoms with van der Waals surface area (Å²) in [6.07, 6.45) is 0.952. The average molecular weight is 346 g/mol. The monoisotopic (exact) mass is 346 g/mol. The molecule has 0 spiro atoms. The zero-order valence-corrected chi connectivity index (χ0v) is 15.4. The Kier molecular flexibility index (Phi) is 9.15. The predicted molar refractivity (Wildman–Crippen MR) is 84.1 cm³/mol. The number of hydrogen-bond acceptors (Lipinski definition) is 5. The second-order valence-corrected chi connectivity index (χ2v) is 5.10. The first-order valence-electron chi connectivity index (χ1n) is 6.81. The summed E-state index contributed by atoms with van der Waals surface area (Å²) in [7, 11) is 5.00. The van der Waals surface area contributed by atoms with Gasteiger partial charge in [0.15, 0.2) is 0 Å². The molecule has 1 aliphatic rings. The van der Waals surface area contributed by atoms with Crippen LogP contribution in [0.3, 0.4) is 0 Å². The third-order valence-electron chi connectivity index (χ3n) is 3.44. The van der Waals surface area contributed by atoms with Crippen LogP contribution in [0.2, 0.25) is 0 Å². The third kappa shape index (κ3) is 4.49. The second kappa shape index (κ2) is 9.40. The number of ether oxygens (including phenoxy) is 3. The molecule has 116 valence electrons. The Balaban J connectivity index is 0.00000361. The Morgan fingerprint density at radius 2 is 1.50 bits per heavy atom. The van der Waals surface area contributed by atoms with E-state index in [1.54, 1.807) is 21.3 Å². The summed E-state index contributed by atoms with van der Waals surface area (Å²) in [6.45, 7) is 6.95. The Hall–Kier alpha value is -0.542. The molecule has 0 bridgehead atoms. The van der Waals surface area contributed by atoms with Gasteiger partial charge in [-0.15, -0.1) is 0 Å². The van der Waals surface area contributed by atoms with Gasteiger partial charge in [0, 0.05) is 13.0 Å². The molecule has 0 N–H and O–H groups in total. The quantitative estimate of drug-likeness (QED) is 0.709. The van der Waals surface area contributed by atoms with Gasteiger partial charge in [-0.05, 0) is 12.3 Å². The maximum absolute atomic E-state index is 5.44. The van der Waals surface area contributed by atoms with Crippen LogP contribution in [0.15, 0.2) is 9.98 Å². The first-order chi connectivity index (χ1) is 9.08. The summed E-state index contributed by atoms with van der Waals surface area (Å²) < 4.78 is 16.1. The van der Waals surface area contributed by atoms with E-state index in [1.807, 2.05) is 0 Å². The third-order valence-corrected chi connectivity index (χ3v) is 3.44. The van der Waals surface area contributed by atoms with Crippen LogP contribution < -0.4 is 0 Å². The summed E-state index contributed by atoms with van der Waals surface area (Å²) in [6, 6.07) is -0.170. The van der Waals surface area contributed by atoms with Crippen molar-refractivity contribution < 1.29 is 14.2 Å². The molecule has 1 heterocycles. The van der Waals surface area contributed by atoms with E-state index in [4.69, 9.17) is 19.2 Å². The molecular weight excluding hydrogens is 319 g/mol. The van der Waals surface area contributed by atoms with E-state index in [2.05, 4.69) is 25.8 Å². The van der Waals surface area contributed by atoms with Gasteiger partial charge in [-0.2, -0.15) is 0 Å². The van der Waals surface area contributed by atoms with E-state index in [9.17, 15) is 0 Å². The molecule has 5 nitrogen and oxygen atoms in total. The van der Waals surface area contributed by atoms with Gasteiger partial charge in [-0.3, -0.25) is 0 Å².